The van der Waals surface area contributed by atoms with Crippen LogP contribution < -0.4 is 0 Å². The number of rotatable bonds is 12. The molecule has 0 aliphatic rings. The van der Waals surface area contributed by atoms with Gasteiger partial charge in [0.2, 0.25) is 0 Å². The van der Waals surface area contributed by atoms with Gasteiger partial charge >= 0.3 is 5.97 Å². The summed E-state index contributed by atoms with van der Waals surface area (Å²) in [6.07, 6.45) is 1.01. The van der Waals surface area contributed by atoms with Crippen molar-refractivity contribution in [2.75, 3.05) is 19.7 Å². The average molecular weight is 398 g/mol. The smallest absolute Gasteiger partial charge is 0.338 e. The normalized spacial score (nSPS) is 13.1. The first-order valence-corrected chi connectivity index (χ1v) is 10.3. The van der Waals surface area contributed by atoms with Gasteiger partial charge in [-0.25, -0.2) is 4.79 Å². The molecule has 0 radical (unpaired) electrons. The topological polar surface area (TPSA) is 66.8 Å². The lowest BCUT2D eigenvalue weighted by atomic mass is 9.95. The molecule has 0 aromatic heterocycles. The van der Waals surface area contributed by atoms with Crippen molar-refractivity contribution in [3.8, 4) is 0 Å². The van der Waals surface area contributed by atoms with E-state index in [0.29, 0.717) is 30.6 Å². The summed E-state index contributed by atoms with van der Waals surface area (Å²) in [6, 6.07) is 17.6. The van der Waals surface area contributed by atoms with Gasteiger partial charge in [0.05, 0.1) is 12.2 Å². The van der Waals surface area contributed by atoms with Gasteiger partial charge in [0.1, 0.15) is 6.10 Å². The molecule has 29 heavy (non-hydrogen) atoms. The molecule has 1 unspecified atom stereocenters. The fourth-order valence-electron chi connectivity index (χ4n) is 3.46. The minimum Gasteiger partial charge on any atom is -0.462 e. The van der Waals surface area contributed by atoms with E-state index in [1.54, 1.807) is 48.5 Å². The van der Waals surface area contributed by atoms with Gasteiger partial charge in [-0.3, -0.25) is 9.69 Å². The van der Waals surface area contributed by atoms with E-state index in [0.717, 1.165) is 19.5 Å². The van der Waals surface area contributed by atoms with Gasteiger partial charge in [0, 0.05) is 11.6 Å². The molecule has 0 aliphatic carbocycles. The van der Waals surface area contributed by atoms with Crippen LogP contribution in [0.3, 0.4) is 0 Å². The lowest BCUT2D eigenvalue weighted by molar-refractivity contribution is 0.0367. The zero-order chi connectivity index (χ0) is 21.1. The highest BCUT2D eigenvalue weighted by Gasteiger charge is 2.30. The van der Waals surface area contributed by atoms with E-state index in [4.69, 9.17) is 4.74 Å². The number of carbonyl (C=O) groups is 2. The number of ketones is 1. The summed E-state index contributed by atoms with van der Waals surface area (Å²) in [6.45, 7) is 5.88. The number of hydrogen-bond acceptors (Lipinski definition) is 5. The van der Waals surface area contributed by atoms with Crippen LogP contribution in [-0.4, -0.2) is 53.6 Å². The number of Topliss-reactive ketones (excluding diaryl/α,β-unsaturated/α-hetero) is 1. The Bertz CT molecular complexity index is 744. The van der Waals surface area contributed by atoms with E-state index in [9.17, 15) is 14.7 Å². The van der Waals surface area contributed by atoms with Crippen molar-refractivity contribution < 1.29 is 19.4 Å². The maximum Gasteiger partial charge on any atom is 0.338 e. The molecule has 2 aromatic rings. The van der Waals surface area contributed by atoms with Crippen molar-refractivity contribution in [2.45, 2.75) is 45.3 Å². The van der Waals surface area contributed by atoms with Crippen molar-refractivity contribution in [1.29, 1.82) is 0 Å². The number of likely N-dealkylation sites (N-methyl/N-ethyl adjacent to an activating group) is 1. The summed E-state index contributed by atoms with van der Waals surface area (Å²) in [7, 11) is 0. The first-order chi connectivity index (χ1) is 14.1. The predicted molar refractivity (Wildman–Crippen MR) is 114 cm³/mol. The maximum atomic E-state index is 12.7. The molecule has 1 N–H and O–H groups in total. The van der Waals surface area contributed by atoms with Crippen molar-refractivity contribution in [1.82, 2.24) is 4.90 Å². The number of carbonyl (C=O) groups excluding carboxylic acids is 2. The van der Waals surface area contributed by atoms with Crippen LogP contribution in [0.5, 0.6) is 0 Å². The van der Waals surface area contributed by atoms with Crippen molar-refractivity contribution in [3.63, 3.8) is 0 Å². The maximum absolute atomic E-state index is 12.7. The monoisotopic (exact) mass is 397 g/mol. The minimum atomic E-state index is -1.08. The summed E-state index contributed by atoms with van der Waals surface area (Å²) in [5, 5.41) is 10.8. The second kappa shape index (κ2) is 12.1. The Morgan fingerprint density at radius 2 is 1.45 bits per heavy atom. The first kappa shape index (κ1) is 22.8. The molecular formula is C24H31NO4. The minimum absolute atomic E-state index is 0.252. The zero-order valence-corrected chi connectivity index (χ0v) is 17.3. The predicted octanol–water partition coefficient (Wildman–Crippen LogP) is 3.97. The summed E-state index contributed by atoms with van der Waals surface area (Å²) >= 11 is 0. The number of unbranched alkanes of at least 4 members (excludes halogenated alkanes) is 1. The Balaban J connectivity index is 1.88. The van der Waals surface area contributed by atoms with Crippen molar-refractivity contribution in [2.24, 2.45) is 0 Å². The van der Waals surface area contributed by atoms with Gasteiger partial charge in [-0.1, -0.05) is 62.4 Å². The lowest BCUT2D eigenvalue weighted by Crippen LogP contribution is -2.47. The third kappa shape index (κ3) is 6.80. The molecule has 0 fully saturated rings. The summed E-state index contributed by atoms with van der Waals surface area (Å²) in [5.41, 5.74) is 1.06. The molecule has 0 heterocycles. The molecule has 156 valence electrons. The third-order valence-electron chi connectivity index (χ3n) is 5.11. The van der Waals surface area contributed by atoms with E-state index in [-0.39, 0.29) is 17.8 Å². The van der Waals surface area contributed by atoms with E-state index in [2.05, 4.69) is 4.90 Å². The third-order valence-corrected chi connectivity index (χ3v) is 5.11. The van der Waals surface area contributed by atoms with Crippen molar-refractivity contribution in [3.05, 3.63) is 71.8 Å². The number of hydrogen-bond donors (Lipinski definition) is 1. The Hall–Kier alpha value is -2.50. The first-order valence-electron chi connectivity index (χ1n) is 10.3. The molecule has 0 amide bonds. The molecule has 0 spiro atoms. The molecular weight excluding hydrogens is 366 g/mol. The molecule has 2 aromatic carbocycles. The van der Waals surface area contributed by atoms with E-state index < -0.39 is 6.10 Å². The van der Waals surface area contributed by atoms with Gasteiger partial charge in [-0.05, 0) is 44.5 Å². The average Bonchev–Trinajstić information content (AvgIpc) is 2.78. The van der Waals surface area contributed by atoms with Gasteiger partial charge in [0.15, 0.2) is 5.78 Å². The van der Waals surface area contributed by atoms with Crippen LogP contribution in [0.1, 0.15) is 53.8 Å². The van der Waals surface area contributed by atoms with Crippen LogP contribution in [0.4, 0.5) is 0 Å². The summed E-state index contributed by atoms with van der Waals surface area (Å²) in [5.74, 6) is -0.580. The zero-order valence-electron chi connectivity index (χ0n) is 17.3. The van der Waals surface area contributed by atoms with Gasteiger partial charge in [0.25, 0.3) is 0 Å². The number of benzene rings is 2. The molecule has 0 saturated carbocycles. The van der Waals surface area contributed by atoms with Gasteiger partial charge in [-0.15, -0.1) is 0 Å². The standard InChI is InChI=1S/C24H31NO4/c1-3-25(4-2)21(23(27)22(26)19-13-7-5-8-14-19)17-11-12-18-29-24(28)20-15-9-6-10-16-20/h5-10,13-16,21,23,27H,3-4,11-12,17-18H2,1-2H3/t21-,23?/m1/s1. The summed E-state index contributed by atoms with van der Waals surface area (Å²) < 4.78 is 5.32. The van der Waals surface area contributed by atoms with Crippen LogP contribution in [0.2, 0.25) is 0 Å². The second-order valence-corrected chi connectivity index (χ2v) is 6.96. The Morgan fingerprint density at radius 1 is 0.897 bits per heavy atom. The van der Waals surface area contributed by atoms with Crippen LogP contribution in [0.15, 0.2) is 60.7 Å². The fraction of sp³-hybridized carbons (Fsp3) is 0.417. The van der Waals surface area contributed by atoms with Gasteiger partial charge in [-0.2, -0.15) is 0 Å². The highest BCUT2D eigenvalue weighted by Crippen LogP contribution is 2.17. The van der Waals surface area contributed by atoms with Crippen LogP contribution >= 0.6 is 0 Å². The van der Waals surface area contributed by atoms with Crippen LogP contribution in [-0.2, 0) is 4.74 Å². The highest BCUT2D eigenvalue weighted by molar-refractivity contribution is 5.99. The Kier molecular flexibility index (Phi) is 9.54. The molecule has 0 saturated heterocycles. The fourth-order valence-corrected chi connectivity index (χ4v) is 3.46. The van der Waals surface area contributed by atoms with Crippen molar-refractivity contribution >= 4 is 11.8 Å². The van der Waals surface area contributed by atoms with E-state index in [1.165, 1.54) is 0 Å². The van der Waals surface area contributed by atoms with Crippen LogP contribution in [0.25, 0.3) is 0 Å². The number of aliphatic hydroxyl groups is 1. The molecule has 5 nitrogen and oxygen atoms in total. The summed E-state index contributed by atoms with van der Waals surface area (Å²) in [4.78, 5) is 26.8. The van der Waals surface area contributed by atoms with Gasteiger partial charge < -0.3 is 9.84 Å². The molecule has 2 atom stereocenters. The number of ether oxygens (including phenoxy) is 1. The quantitative estimate of drug-likeness (QED) is 0.333. The second-order valence-electron chi connectivity index (χ2n) is 6.96. The number of aliphatic hydroxyl groups excluding tert-OH is 1. The molecule has 2 rings (SSSR count). The lowest BCUT2D eigenvalue weighted by Gasteiger charge is -2.32. The number of nitrogens with zero attached hydrogens (tertiary/aromatic N) is 1. The molecule has 5 heteroatoms. The Labute approximate surface area is 173 Å². The molecule has 0 aliphatic heterocycles. The van der Waals surface area contributed by atoms with Crippen LogP contribution in [0, 0.1) is 0 Å². The molecule has 0 bridgehead atoms. The largest absolute Gasteiger partial charge is 0.462 e. The highest BCUT2D eigenvalue weighted by atomic mass is 16.5. The Morgan fingerprint density at radius 3 is 2.00 bits per heavy atom. The van der Waals surface area contributed by atoms with E-state index in [1.807, 2.05) is 26.0 Å². The SMILES string of the molecule is CCN(CC)[C@H](CCCCOC(=O)c1ccccc1)C(O)C(=O)c1ccccc1. The number of esters is 1. The van der Waals surface area contributed by atoms with E-state index >= 15 is 0 Å².